The molecule has 0 radical (unpaired) electrons. The number of nitrogens with one attached hydrogen (secondary N) is 2. The summed E-state index contributed by atoms with van der Waals surface area (Å²) >= 11 is 1.66. The number of carboxylic acid groups (broad SMARTS) is 1. The van der Waals surface area contributed by atoms with Crippen LogP contribution in [-0.2, 0) is 17.6 Å². The van der Waals surface area contributed by atoms with E-state index in [0.717, 1.165) is 44.6 Å². The van der Waals surface area contributed by atoms with Gasteiger partial charge >= 0.3 is 29.6 Å². The quantitative estimate of drug-likeness (QED) is 0.245. The number of rotatable bonds is 12. The molecule has 2 aromatic carbocycles. The summed E-state index contributed by atoms with van der Waals surface area (Å²) in [5.74, 6) is -0.279. The van der Waals surface area contributed by atoms with Crippen molar-refractivity contribution in [3.05, 3.63) is 77.3 Å². The average molecular weight is 515 g/mol. The van der Waals surface area contributed by atoms with E-state index in [-0.39, 0.29) is 48.1 Å². The zero-order valence-electron chi connectivity index (χ0n) is 21.0. The van der Waals surface area contributed by atoms with Gasteiger partial charge in [0, 0.05) is 45.6 Å². The van der Waals surface area contributed by atoms with Crippen molar-refractivity contribution < 1.29 is 49.3 Å². The van der Waals surface area contributed by atoms with E-state index in [1.54, 1.807) is 11.3 Å². The first kappa shape index (κ1) is 28.4. The Kier molecular flexibility index (Phi) is 10.2. The van der Waals surface area contributed by atoms with Crippen molar-refractivity contribution in [3.63, 3.8) is 0 Å². The molecule has 1 atom stereocenters. The van der Waals surface area contributed by atoms with Crippen LogP contribution in [0.15, 0.2) is 66.2 Å². The molecule has 0 bridgehead atoms. The van der Waals surface area contributed by atoms with Crippen molar-refractivity contribution >= 4 is 28.2 Å². The van der Waals surface area contributed by atoms with Crippen molar-refractivity contribution in [2.75, 3.05) is 13.2 Å². The van der Waals surface area contributed by atoms with Crippen LogP contribution in [0.5, 0.6) is 5.75 Å². The van der Waals surface area contributed by atoms with E-state index < -0.39 is 12.1 Å². The molecule has 0 unspecified atom stereocenters. The number of thiophene rings is 1. The molecule has 0 fully saturated rings. The number of aromatic amines is 1. The fraction of sp³-hybridized carbons (Fsp3) is 0.321. The van der Waals surface area contributed by atoms with E-state index in [1.165, 1.54) is 0 Å². The van der Waals surface area contributed by atoms with Crippen molar-refractivity contribution in [1.29, 1.82) is 0 Å². The van der Waals surface area contributed by atoms with Gasteiger partial charge in [-0.3, -0.25) is 0 Å². The Labute approximate surface area is 238 Å². The van der Waals surface area contributed by atoms with Gasteiger partial charge in [0.2, 0.25) is 0 Å². The molecular weight excluding hydrogens is 483 g/mol. The summed E-state index contributed by atoms with van der Waals surface area (Å²) in [4.78, 5) is 15.3. The van der Waals surface area contributed by atoms with Crippen LogP contribution in [-0.4, -0.2) is 40.9 Å². The number of carboxylic acids is 1. The minimum Gasteiger partial charge on any atom is -0.550 e. The number of aliphatic hydroxyl groups excluding tert-OH is 1. The van der Waals surface area contributed by atoms with Gasteiger partial charge in [0.25, 0.3) is 0 Å². The number of carbonyl (C=O) groups is 1. The summed E-state index contributed by atoms with van der Waals surface area (Å²) in [5.41, 5.74) is 3.84. The number of aryl methyl sites for hydroxylation is 1. The van der Waals surface area contributed by atoms with E-state index in [9.17, 15) is 15.0 Å². The molecule has 0 saturated heterocycles. The van der Waals surface area contributed by atoms with E-state index in [0.29, 0.717) is 13.0 Å². The SMILES string of the molecule is CC(C)(Cc1c[nH]c2c(CCC(=O)[O-])cccc12)NC[C@H](O)COc1ccccc1-c1cccs1.[Na+]. The molecule has 0 spiro atoms. The zero-order chi connectivity index (χ0) is 24.8. The van der Waals surface area contributed by atoms with Crippen LogP contribution in [0, 0.1) is 0 Å². The number of ether oxygens (including phenoxy) is 1. The maximum Gasteiger partial charge on any atom is 1.00 e. The third-order valence-corrected chi connectivity index (χ3v) is 6.94. The molecule has 0 aliphatic rings. The van der Waals surface area contributed by atoms with Crippen LogP contribution in [0.4, 0.5) is 0 Å². The predicted octanol–water partition coefficient (Wildman–Crippen LogP) is 0.934. The molecule has 4 rings (SSSR count). The number of β-amino-alcohol motifs (C(OH)–C–C–N with tert-alkyl or cyclic N) is 1. The van der Waals surface area contributed by atoms with E-state index in [1.807, 2.05) is 60.1 Å². The molecule has 0 aliphatic heterocycles. The molecule has 8 heteroatoms. The van der Waals surface area contributed by atoms with E-state index in [4.69, 9.17) is 4.74 Å². The van der Waals surface area contributed by atoms with Gasteiger partial charge in [-0.2, -0.15) is 0 Å². The summed E-state index contributed by atoms with van der Waals surface area (Å²) in [6, 6.07) is 17.9. The largest absolute Gasteiger partial charge is 1.00 e. The molecule has 0 aliphatic carbocycles. The first-order valence-electron chi connectivity index (χ1n) is 11.8. The Balaban J connectivity index is 0.00000361. The molecule has 3 N–H and O–H groups in total. The molecule has 2 aromatic heterocycles. The number of benzene rings is 2. The van der Waals surface area contributed by atoms with Crippen molar-refractivity contribution in [1.82, 2.24) is 10.3 Å². The Morgan fingerprint density at radius 2 is 1.94 bits per heavy atom. The molecule has 0 saturated carbocycles. The monoisotopic (exact) mass is 514 g/mol. The molecule has 0 amide bonds. The van der Waals surface area contributed by atoms with Gasteiger partial charge < -0.3 is 30.0 Å². The number of aliphatic hydroxyl groups is 1. The maximum absolute atomic E-state index is 10.9. The minimum absolute atomic E-state index is 0. The normalized spacial score (nSPS) is 12.3. The fourth-order valence-corrected chi connectivity index (χ4v) is 5.03. The first-order chi connectivity index (χ1) is 16.8. The van der Waals surface area contributed by atoms with Crippen LogP contribution in [0.2, 0.25) is 0 Å². The number of hydrogen-bond acceptors (Lipinski definition) is 6. The van der Waals surface area contributed by atoms with Gasteiger partial charge in [-0.25, -0.2) is 0 Å². The third kappa shape index (κ3) is 7.44. The number of H-pyrrole nitrogens is 1. The summed E-state index contributed by atoms with van der Waals surface area (Å²) < 4.78 is 5.97. The molecule has 36 heavy (non-hydrogen) atoms. The fourth-order valence-electron chi connectivity index (χ4n) is 4.27. The molecule has 4 aromatic rings. The maximum atomic E-state index is 10.9. The van der Waals surface area contributed by atoms with E-state index >= 15 is 0 Å². The Hall–Kier alpha value is -2.13. The van der Waals surface area contributed by atoms with Crippen LogP contribution in [0.3, 0.4) is 0 Å². The smallest absolute Gasteiger partial charge is 0.550 e. The van der Waals surface area contributed by atoms with Gasteiger partial charge in [0.05, 0.1) is 0 Å². The first-order valence-corrected chi connectivity index (χ1v) is 12.7. The molecule has 2 heterocycles. The van der Waals surface area contributed by atoms with Crippen molar-refractivity contribution in [2.24, 2.45) is 0 Å². The van der Waals surface area contributed by atoms with Crippen LogP contribution in [0.25, 0.3) is 21.3 Å². The number of hydrogen-bond donors (Lipinski definition) is 3. The molecule has 184 valence electrons. The second-order valence-electron chi connectivity index (χ2n) is 9.41. The van der Waals surface area contributed by atoms with Crippen LogP contribution >= 0.6 is 11.3 Å². The minimum atomic E-state index is -1.04. The van der Waals surface area contributed by atoms with E-state index in [2.05, 4.69) is 30.2 Å². The molecule has 6 nitrogen and oxygen atoms in total. The van der Waals surface area contributed by atoms with Gasteiger partial charge in [-0.1, -0.05) is 36.4 Å². The van der Waals surface area contributed by atoms with Gasteiger partial charge in [0.1, 0.15) is 18.5 Å². The van der Waals surface area contributed by atoms with Crippen LogP contribution in [0.1, 0.15) is 31.4 Å². The third-order valence-electron chi connectivity index (χ3n) is 6.04. The predicted molar refractivity (Wildman–Crippen MR) is 139 cm³/mol. The average Bonchev–Trinajstić information content (AvgIpc) is 3.51. The van der Waals surface area contributed by atoms with Crippen molar-refractivity contribution in [3.8, 4) is 16.2 Å². The summed E-state index contributed by atoms with van der Waals surface area (Å²) in [6.07, 6.45) is 2.50. The van der Waals surface area contributed by atoms with Gasteiger partial charge in [0.15, 0.2) is 0 Å². The van der Waals surface area contributed by atoms with Crippen LogP contribution < -0.4 is 44.7 Å². The number of carbonyl (C=O) groups excluding carboxylic acids is 1. The Bertz CT molecular complexity index is 1270. The molecular formula is C28H31N2NaO4S. The van der Waals surface area contributed by atoms with Gasteiger partial charge in [-0.05, 0) is 67.8 Å². The Morgan fingerprint density at radius 3 is 2.69 bits per heavy atom. The Morgan fingerprint density at radius 1 is 1.14 bits per heavy atom. The zero-order valence-corrected chi connectivity index (χ0v) is 23.9. The summed E-state index contributed by atoms with van der Waals surface area (Å²) in [5, 5.41) is 28.0. The van der Waals surface area contributed by atoms with Crippen molar-refractivity contribution in [2.45, 2.75) is 44.8 Å². The topological polar surface area (TPSA) is 97.4 Å². The number of aromatic nitrogens is 1. The second kappa shape index (κ2) is 12.9. The summed E-state index contributed by atoms with van der Waals surface area (Å²) in [6.45, 7) is 4.80. The number of fused-ring (bicyclic) bond motifs is 1. The second-order valence-corrected chi connectivity index (χ2v) is 10.4. The van der Waals surface area contributed by atoms with Gasteiger partial charge in [-0.15, -0.1) is 11.3 Å². The number of para-hydroxylation sites is 2. The standard InChI is InChI=1S/C28H32N2O4S.Na/c1-28(2,15-20-16-29-27-19(12-13-26(32)33)7-5-9-22(20)27)30-17-21(31)18-34-24-10-4-3-8-23(24)25-11-6-14-35-25;/h3-11,14,16,21,29-31H,12-13,15,17-18H2,1-2H3,(H,32,33);/q;+1/p-1/t21-;/m0./s1. The number of aliphatic carboxylic acids is 1. The summed E-state index contributed by atoms with van der Waals surface area (Å²) in [7, 11) is 0.